The smallest absolute Gasteiger partial charge is 0.0543 e. The molecule has 1 atom stereocenters. The van der Waals surface area contributed by atoms with Crippen molar-refractivity contribution in [1.82, 2.24) is 0 Å². The molecule has 7 aromatic rings. The minimum atomic E-state index is -0.0760. The van der Waals surface area contributed by atoms with Crippen molar-refractivity contribution in [2.24, 2.45) is 5.92 Å². The average Bonchev–Trinajstić information content (AvgIpc) is 3.43. The van der Waals surface area contributed by atoms with Gasteiger partial charge in [-0.1, -0.05) is 161 Å². The third-order valence-corrected chi connectivity index (χ3v) is 11.4. The molecule has 1 aliphatic carbocycles. The van der Waals surface area contributed by atoms with Crippen molar-refractivity contribution < 1.29 is 0 Å². The van der Waals surface area contributed by atoms with Crippen molar-refractivity contribution in [2.75, 3.05) is 4.90 Å². The molecule has 0 amide bonds. The van der Waals surface area contributed by atoms with E-state index in [2.05, 4.69) is 196 Å². The van der Waals surface area contributed by atoms with E-state index in [1.54, 1.807) is 0 Å². The number of rotatable bonds is 11. The molecule has 1 aliphatic rings. The highest BCUT2D eigenvalue weighted by atomic mass is 15.1. The van der Waals surface area contributed by atoms with Gasteiger partial charge in [0.2, 0.25) is 0 Å². The fraction of sp³-hybridized carbons (Fsp3) is 0.176. The second-order valence-corrected chi connectivity index (χ2v) is 14.8. The van der Waals surface area contributed by atoms with E-state index in [1.807, 2.05) is 0 Å². The van der Waals surface area contributed by atoms with Gasteiger partial charge in [-0.05, 0) is 111 Å². The van der Waals surface area contributed by atoms with Crippen molar-refractivity contribution >= 4 is 27.8 Å². The van der Waals surface area contributed by atoms with Gasteiger partial charge >= 0.3 is 0 Å². The number of aryl methyl sites for hydroxylation is 1. The highest BCUT2D eigenvalue weighted by Gasteiger charge is 2.37. The lowest BCUT2D eigenvalue weighted by molar-refractivity contribution is 0.477. The van der Waals surface area contributed by atoms with Gasteiger partial charge in [0, 0.05) is 22.4 Å². The van der Waals surface area contributed by atoms with E-state index in [4.69, 9.17) is 0 Å². The maximum absolute atomic E-state index is 3.99. The average molecular weight is 674 g/mol. The lowest BCUT2D eigenvalue weighted by Crippen LogP contribution is -2.16. The van der Waals surface area contributed by atoms with Crippen LogP contribution in [0.3, 0.4) is 0 Å². The molecule has 7 aromatic carbocycles. The quantitative estimate of drug-likeness (QED) is 0.124. The van der Waals surface area contributed by atoms with Crippen LogP contribution in [-0.4, -0.2) is 0 Å². The highest BCUT2D eigenvalue weighted by molar-refractivity contribution is 6.06. The fourth-order valence-corrected chi connectivity index (χ4v) is 8.49. The molecule has 256 valence electrons. The van der Waals surface area contributed by atoms with E-state index < -0.39 is 0 Å². The maximum Gasteiger partial charge on any atom is 0.0543 e. The molecule has 0 saturated carbocycles. The van der Waals surface area contributed by atoms with Crippen LogP contribution in [0.4, 0.5) is 17.1 Å². The zero-order valence-corrected chi connectivity index (χ0v) is 30.6. The predicted molar refractivity (Wildman–Crippen MR) is 224 cm³/mol. The van der Waals surface area contributed by atoms with Crippen molar-refractivity contribution in [1.29, 1.82) is 0 Å². The van der Waals surface area contributed by atoms with Gasteiger partial charge in [-0.25, -0.2) is 0 Å². The summed E-state index contributed by atoms with van der Waals surface area (Å²) in [5.41, 5.74) is 15.2. The second kappa shape index (κ2) is 14.2. The third-order valence-electron chi connectivity index (χ3n) is 11.4. The van der Waals surface area contributed by atoms with Crippen LogP contribution in [0.2, 0.25) is 0 Å². The van der Waals surface area contributed by atoms with Gasteiger partial charge < -0.3 is 4.90 Å². The first-order valence-corrected chi connectivity index (χ1v) is 18.9. The molecule has 0 fully saturated rings. The molecule has 0 aliphatic heterocycles. The monoisotopic (exact) mass is 673 g/mol. The molecule has 1 heteroatoms. The van der Waals surface area contributed by atoms with Crippen LogP contribution in [0.1, 0.15) is 56.7 Å². The molecular weight excluding hydrogens is 627 g/mol. The maximum atomic E-state index is 3.99. The Bertz CT molecular complexity index is 2340. The zero-order valence-electron chi connectivity index (χ0n) is 30.6. The molecule has 0 aromatic heterocycles. The molecule has 0 bridgehead atoms. The zero-order chi connectivity index (χ0) is 35.7. The number of anilines is 3. The Hall–Kier alpha value is -5.66. The first-order chi connectivity index (χ1) is 25.5. The number of allylic oxidation sites excluding steroid dienone is 1. The second-order valence-electron chi connectivity index (χ2n) is 14.8. The molecule has 0 heterocycles. The van der Waals surface area contributed by atoms with E-state index in [9.17, 15) is 0 Å². The largest absolute Gasteiger partial charge is 0.310 e. The van der Waals surface area contributed by atoms with Gasteiger partial charge in [-0.15, -0.1) is 6.58 Å². The minimum Gasteiger partial charge on any atom is -0.310 e. The third kappa shape index (κ3) is 6.05. The van der Waals surface area contributed by atoms with E-state index in [0.717, 1.165) is 18.5 Å². The summed E-state index contributed by atoms with van der Waals surface area (Å²) in [6.07, 6.45) is 6.62. The first kappa shape index (κ1) is 33.5. The Labute approximate surface area is 309 Å². The Morgan fingerprint density at radius 2 is 1.17 bits per heavy atom. The molecule has 8 rings (SSSR count). The summed E-state index contributed by atoms with van der Waals surface area (Å²) < 4.78 is 0. The lowest BCUT2D eigenvalue weighted by atomic mass is 9.82. The standard InChI is InChI=1S/C51H47N/c1-5-15-36(6-2)26-27-37-28-32-41(33-29-37)52(48-25-14-24-47-50(48)45-20-10-11-23-46(45)51(47,3)4)42-34-30-39(31-35-42)44-22-13-19-40-18-12-21-43(49(40)44)38-16-8-7-9-17-38/h5,7-14,16-25,28-36H,1,6,15,26-27H2,2-4H3. The summed E-state index contributed by atoms with van der Waals surface area (Å²) in [7, 11) is 0. The van der Waals surface area contributed by atoms with E-state index in [1.165, 1.54) is 85.1 Å². The van der Waals surface area contributed by atoms with Gasteiger partial charge in [-0.2, -0.15) is 0 Å². The Morgan fingerprint density at radius 3 is 1.85 bits per heavy atom. The number of benzene rings is 7. The van der Waals surface area contributed by atoms with Gasteiger partial charge in [0.15, 0.2) is 0 Å². The molecule has 1 unspecified atom stereocenters. The summed E-state index contributed by atoms with van der Waals surface area (Å²) in [6.45, 7) is 11.0. The van der Waals surface area contributed by atoms with E-state index >= 15 is 0 Å². The van der Waals surface area contributed by atoms with Crippen LogP contribution in [0.5, 0.6) is 0 Å². The van der Waals surface area contributed by atoms with E-state index in [0.29, 0.717) is 5.92 Å². The summed E-state index contributed by atoms with van der Waals surface area (Å²) >= 11 is 0. The highest BCUT2D eigenvalue weighted by Crippen LogP contribution is 2.54. The molecule has 0 saturated heterocycles. The van der Waals surface area contributed by atoms with Crippen LogP contribution < -0.4 is 4.90 Å². The topological polar surface area (TPSA) is 3.24 Å². The van der Waals surface area contributed by atoms with Crippen LogP contribution in [0, 0.1) is 5.92 Å². The SMILES string of the molecule is C=CCC(CC)CCc1ccc(N(c2ccc(-c3cccc4cccc(-c5ccccc5)c34)cc2)c2cccc3c2-c2ccccc2C3(C)C)cc1. The van der Waals surface area contributed by atoms with Gasteiger partial charge in [0.1, 0.15) is 0 Å². The van der Waals surface area contributed by atoms with Crippen LogP contribution >= 0.6 is 0 Å². The summed E-state index contributed by atoms with van der Waals surface area (Å²) in [5, 5.41) is 2.54. The summed E-state index contributed by atoms with van der Waals surface area (Å²) in [4.78, 5) is 2.47. The van der Waals surface area contributed by atoms with Gasteiger partial charge in [0.05, 0.1) is 5.69 Å². The molecule has 52 heavy (non-hydrogen) atoms. The first-order valence-electron chi connectivity index (χ1n) is 18.9. The number of fused-ring (bicyclic) bond motifs is 4. The van der Waals surface area contributed by atoms with Crippen molar-refractivity contribution in [3.8, 4) is 33.4 Å². The van der Waals surface area contributed by atoms with Gasteiger partial charge in [-0.3, -0.25) is 0 Å². The van der Waals surface area contributed by atoms with Crippen molar-refractivity contribution in [3.63, 3.8) is 0 Å². The fourth-order valence-electron chi connectivity index (χ4n) is 8.49. The van der Waals surface area contributed by atoms with Gasteiger partial charge in [0.25, 0.3) is 0 Å². The number of nitrogens with zero attached hydrogens (tertiary/aromatic N) is 1. The lowest BCUT2D eigenvalue weighted by Gasteiger charge is -2.29. The molecule has 0 radical (unpaired) electrons. The van der Waals surface area contributed by atoms with Crippen LogP contribution in [0.25, 0.3) is 44.2 Å². The molecule has 0 N–H and O–H groups in total. The van der Waals surface area contributed by atoms with E-state index in [-0.39, 0.29) is 5.41 Å². The number of hydrogen-bond acceptors (Lipinski definition) is 1. The molecule has 0 spiro atoms. The summed E-state index contributed by atoms with van der Waals surface area (Å²) in [6, 6.07) is 58.4. The Kier molecular flexibility index (Phi) is 9.12. The Morgan fingerprint density at radius 1 is 0.596 bits per heavy atom. The summed E-state index contributed by atoms with van der Waals surface area (Å²) in [5.74, 6) is 0.688. The molecular formula is C51H47N. The minimum absolute atomic E-state index is 0.0760. The normalized spacial score (nSPS) is 13.4. The Balaban J connectivity index is 1.24. The number of hydrogen-bond donors (Lipinski definition) is 0. The van der Waals surface area contributed by atoms with Crippen LogP contribution in [0.15, 0.2) is 170 Å². The molecule has 1 nitrogen and oxygen atoms in total. The van der Waals surface area contributed by atoms with Crippen molar-refractivity contribution in [2.45, 2.75) is 51.9 Å². The predicted octanol–water partition coefficient (Wildman–Crippen LogP) is 14.5. The van der Waals surface area contributed by atoms with Crippen LogP contribution in [-0.2, 0) is 11.8 Å². The van der Waals surface area contributed by atoms with Crippen molar-refractivity contribution in [3.05, 3.63) is 187 Å².